The number of hydrogen-bond donors (Lipinski definition) is 1. The number of esters is 1. The third kappa shape index (κ3) is 5.39. The van der Waals surface area contributed by atoms with Gasteiger partial charge < -0.3 is 15.0 Å². The van der Waals surface area contributed by atoms with E-state index in [1.807, 2.05) is 13.8 Å². The van der Waals surface area contributed by atoms with Crippen LogP contribution in [0.1, 0.15) is 35.9 Å². The van der Waals surface area contributed by atoms with Crippen molar-refractivity contribution in [3.05, 3.63) is 71.5 Å². The van der Waals surface area contributed by atoms with Crippen LogP contribution in [0.3, 0.4) is 0 Å². The van der Waals surface area contributed by atoms with Crippen molar-refractivity contribution in [2.24, 2.45) is 0 Å². The summed E-state index contributed by atoms with van der Waals surface area (Å²) in [6, 6.07) is 14.1. The summed E-state index contributed by atoms with van der Waals surface area (Å²) in [5.74, 6) is -2.56. The summed E-state index contributed by atoms with van der Waals surface area (Å²) in [5, 5.41) is 2.31. The predicted molar refractivity (Wildman–Crippen MR) is 102 cm³/mol. The maximum Gasteiger partial charge on any atom is 0.326 e. The number of carbonyl (C=O) groups is 3. The van der Waals surface area contributed by atoms with E-state index in [2.05, 4.69) is 5.32 Å². The molecule has 0 bridgehead atoms. The number of halogens is 1. The zero-order valence-corrected chi connectivity index (χ0v) is 15.9. The van der Waals surface area contributed by atoms with E-state index in [-0.39, 0.29) is 11.5 Å². The van der Waals surface area contributed by atoms with E-state index in [9.17, 15) is 18.8 Å². The minimum atomic E-state index is -1.11. The Balaban J connectivity index is 2.07. The molecule has 1 N–H and O–H groups in total. The Morgan fingerprint density at radius 2 is 1.61 bits per heavy atom. The van der Waals surface area contributed by atoms with Gasteiger partial charge in [-0.05, 0) is 26.0 Å². The first-order valence-electron chi connectivity index (χ1n) is 9.03. The molecule has 1 atom stereocenters. The van der Waals surface area contributed by atoms with Gasteiger partial charge in [-0.1, -0.05) is 42.5 Å². The summed E-state index contributed by atoms with van der Waals surface area (Å²) < 4.78 is 19.0. The summed E-state index contributed by atoms with van der Waals surface area (Å²) in [4.78, 5) is 38.6. The van der Waals surface area contributed by atoms with E-state index < -0.39 is 30.3 Å². The number of hydrogen-bond acceptors (Lipinski definition) is 4. The van der Waals surface area contributed by atoms with Crippen LogP contribution in [0.4, 0.5) is 4.39 Å². The minimum Gasteiger partial charge on any atom is -0.446 e. The molecule has 2 aromatic carbocycles. The van der Waals surface area contributed by atoms with Gasteiger partial charge in [-0.15, -0.1) is 0 Å². The van der Waals surface area contributed by atoms with E-state index in [1.165, 1.54) is 18.2 Å². The normalized spacial score (nSPS) is 11.4. The molecule has 2 rings (SSSR count). The van der Waals surface area contributed by atoms with Crippen molar-refractivity contribution in [1.29, 1.82) is 0 Å². The van der Waals surface area contributed by atoms with Crippen LogP contribution in [-0.2, 0) is 14.3 Å². The van der Waals surface area contributed by atoms with Crippen molar-refractivity contribution in [3.8, 4) is 0 Å². The van der Waals surface area contributed by atoms with E-state index in [4.69, 9.17) is 4.74 Å². The zero-order valence-electron chi connectivity index (χ0n) is 15.9. The standard InChI is InChI=1S/C21H23FN2O4/c1-3-24(4-2)21(27)19(15-10-6-5-7-11-15)28-18(25)14-23-20(26)16-12-8-9-13-17(16)22/h5-13,19H,3-4,14H2,1-2H3,(H,23,26)/t19-/m0/s1. The number of likely N-dealkylation sites (N-methyl/N-ethyl adjacent to an activating group) is 1. The fourth-order valence-electron chi connectivity index (χ4n) is 2.66. The molecule has 148 valence electrons. The van der Waals surface area contributed by atoms with Crippen LogP contribution in [0, 0.1) is 5.82 Å². The summed E-state index contributed by atoms with van der Waals surface area (Å²) in [5.41, 5.74) is 0.363. The molecule has 0 spiro atoms. The number of rotatable bonds is 8. The Hall–Kier alpha value is -3.22. The van der Waals surface area contributed by atoms with Crippen molar-refractivity contribution in [1.82, 2.24) is 10.2 Å². The zero-order chi connectivity index (χ0) is 20.5. The topological polar surface area (TPSA) is 75.7 Å². The van der Waals surface area contributed by atoms with Gasteiger partial charge in [0.1, 0.15) is 12.4 Å². The molecule has 0 fully saturated rings. The van der Waals surface area contributed by atoms with Gasteiger partial charge in [-0.3, -0.25) is 14.4 Å². The Labute approximate surface area is 163 Å². The molecule has 0 radical (unpaired) electrons. The van der Waals surface area contributed by atoms with Gasteiger partial charge >= 0.3 is 5.97 Å². The third-order valence-electron chi connectivity index (χ3n) is 4.16. The van der Waals surface area contributed by atoms with Crippen molar-refractivity contribution in [2.75, 3.05) is 19.6 Å². The Morgan fingerprint density at radius 1 is 1.00 bits per heavy atom. The van der Waals surface area contributed by atoms with Crippen LogP contribution in [0.5, 0.6) is 0 Å². The van der Waals surface area contributed by atoms with E-state index in [0.717, 1.165) is 6.07 Å². The molecule has 0 saturated carbocycles. The van der Waals surface area contributed by atoms with Crippen molar-refractivity contribution >= 4 is 17.8 Å². The Bertz CT molecular complexity index is 822. The van der Waals surface area contributed by atoms with Crippen molar-refractivity contribution in [3.63, 3.8) is 0 Å². The lowest BCUT2D eigenvalue weighted by Gasteiger charge is -2.25. The molecule has 0 aromatic heterocycles. The quantitative estimate of drug-likeness (QED) is 0.708. The molecule has 7 heteroatoms. The summed E-state index contributed by atoms with van der Waals surface area (Å²) >= 11 is 0. The second-order valence-corrected chi connectivity index (χ2v) is 5.95. The van der Waals surface area contributed by atoms with Crippen LogP contribution in [-0.4, -0.2) is 42.3 Å². The molecule has 0 heterocycles. The fraction of sp³-hybridized carbons (Fsp3) is 0.286. The average molecular weight is 386 g/mol. The molecule has 0 aliphatic heterocycles. The van der Waals surface area contributed by atoms with Crippen LogP contribution in [0.15, 0.2) is 54.6 Å². The molecule has 6 nitrogen and oxygen atoms in total. The number of carbonyl (C=O) groups excluding carboxylic acids is 3. The summed E-state index contributed by atoms with van der Waals surface area (Å²) in [6.45, 7) is 4.13. The molecular formula is C21H23FN2O4. The van der Waals surface area contributed by atoms with Crippen LogP contribution in [0.2, 0.25) is 0 Å². The van der Waals surface area contributed by atoms with Crippen LogP contribution in [0.25, 0.3) is 0 Å². The third-order valence-corrected chi connectivity index (χ3v) is 4.16. The van der Waals surface area contributed by atoms with Crippen LogP contribution >= 0.6 is 0 Å². The highest BCUT2D eigenvalue weighted by atomic mass is 19.1. The first-order valence-corrected chi connectivity index (χ1v) is 9.03. The molecule has 2 aromatic rings. The number of nitrogens with zero attached hydrogens (tertiary/aromatic N) is 1. The number of nitrogens with one attached hydrogen (secondary N) is 1. The van der Waals surface area contributed by atoms with Gasteiger partial charge in [-0.25, -0.2) is 4.39 Å². The van der Waals surface area contributed by atoms with E-state index in [0.29, 0.717) is 18.7 Å². The average Bonchev–Trinajstić information content (AvgIpc) is 2.72. The van der Waals surface area contributed by atoms with Gasteiger partial charge in [-0.2, -0.15) is 0 Å². The second-order valence-electron chi connectivity index (χ2n) is 5.95. The largest absolute Gasteiger partial charge is 0.446 e. The highest BCUT2D eigenvalue weighted by Gasteiger charge is 2.28. The second kappa shape index (κ2) is 10.2. The molecule has 28 heavy (non-hydrogen) atoms. The lowest BCUT2D eigenvalue weighted by Crippen LogP contribution is -2.38. The summed E-state index contributed by atoms with van der Waals surface area (Å²) in [7, 11) is 0. The maximum absolute atomic E-state index is 13.6. The maximum atomic E-state index is 13.6. The Kier molecular flexibility index (Phi) is 7.68. The fourth-order valence-corrected chi connectivity index (χ4v) is 2.66. The first kappa shape index (κ1) is 21.1. The molecule has 0 aliphatic carbocycles. The molecule has 0 unspecified atom stereocenters. The number of amides is 2. The van der Waals surface area contributed by atoms with Gasteiger partial charge in [0, 0.05) is 18.7 Å². The van der Waals surface area contributed by atoms with Crippen molar-refractivity contribution < 1.29 is 23.5 Å². The predicted octanol–water partition coefficient (Wildman–Crippen LogP) is 2.71. The lowest BCUT2D eigenvalue weighted by molar-refractivity contribution is -0.160. The van der Waals surface area contributed by atoms with Gasteiger partial charge in [0.25, 0.3) is 11.8 Å². The molecule has 2 amide bonds. The number of benzene rings is 2. The van der Waals surface area contributed by atoms with Crippen LogP contribution < -0.4 is 5.32 Å². The van der Waals surface area contributed by atoms with Gasteiger partial charge in [0.2, 0.25) is 6.10 Å². The lowest BCUT2D eigenvalue weighted by atomic mass is 10.1. The van der Waals surface area contributed by atoms with Gasteiger partial charge in [0.05, 0.1) is 5.56 Å². The first-order chi connectivity index (χ1) is 13.5. The highest BCUT2D eigenvalue weighted by molar-refractivity contribution is 5.96. The number of ether oxygens (including phenoxy) is 1. The van der Waals surface area contributed by atoms with Crippen molar-refractivity contribution in [2.45, 2.75) is 20.0 Å². The molecule has 0 aliphatic rings. The Morgan fingerprint density at radius 3 is 2.21 bits per heavy atom. The van der Waals surface area contributed by atoms with E-state index >= 15 is 0 Å². The molecular weight excluding hydrogens is 363 g/mol. The van der Waals surface area contributed by atoms with E-state index in [1.54, 1.807) is 35.2 Å². The highest BCUT2D eigenvalue weighted by Crippen LogP contribution is 2.20. The molecule has 0 saturated heterocycles. The monoisotopic (exact) mass is 386 g/mol. The summed E-state index contributed by atoms with van der Waals surface area (Å²) in [6.07, 6.45) is -1.11. The SMILES string of the molecule is CCN(CC)C(=O)[C@@H](OC(=O)CNC(=O)c1ccccc1F)c1ccccc1. The smallest absolute Gasteiger partial charge is 0.326 e. The minimum absolute atomic E-state index is 0.172. The van der Waals surface area contributed by atoms with Gasteiger partial charge in [0.15, 0.2) is 0 Å².